The van der Waals surface area contributed by atoms with Gasteiger partial charge in [-0.15, -0.1) is 0 Å². The van der Waals surface area contributed by atoms with E-state index in [0.717, 1.165) is 17.9 Å². The van der Waals surface area contributed by atoms with Crippen molar-refractivity contribution in [3.63, 3.8) is 0 Å². The summed E-state index contributed by atoms with van der Waals surface area (Å²) in [6.45, 7) is 18.5. The molecule has 0 aliphatic heterocycles. The molecule has 0 heterocycles. The monoisotopic (exact) mass is 386 g/mol. The fourth-order valence-electron chi connectivity index (χ4n) is 6.06. The molecule has 0 aromatic rings. The Morgan fingerprint density at radius 2 is 1.93 bits per heavy atom. The van der Waals surface area contributed by atoms with Crippen molar-refractivity contribution in [3.8, 4) is 0 Å². The molecule has 2 aliphatic carbocycles. The van der Waals surface area contributed by atoms with Gasteiger partial charge in [0.25, 0.3) is 0 Å². The average molecular weight is 387 g/mol. The van der Waals surface area contributed by atoms with Gasteiger partial charge < -0.3 is 4.74 Å². The first-order valence-electron chi connectivity index (χ1n) is 11.4. The molecule has 2 rings (SSSR count). The van der Waals surface area contributed by atoms with E-state index in [0.29, 0.717) is 29.8 Å². The number of ether oxygens (including phenoxy) is 1. The minimum Gasteiger partial charge on any atom is -0.463 e. The van der Waals surface area contributed by atoms with Crippen LogP contribution in [0.15, 0.2) is 35.5 Å². The zero-order valence-electron chi connectivity index (χ0n) is 19.2. The van der Waals surface area contributed by atoms with Gasteiger partial charge in [-0.05, 0) is 81.5 Å². The largest absolute Gasteiger partial charge is 0.463 e. The molecule has 0 bridgehead atoms. The molecule has 2 aliphatic rings. The predicted molar refractivity (Wildman–Crippen MR) is 119 cm³/mol. The fraction of sp³-hybridized carbons (Fsp3) is 0.731. The Morgan fingerprint density at radius 3 is 2.57 bits per heavy atom. The summed E-state index contributed by atoms with van der Waals surface area (Å²) in [7, 11) is 0. The van der Waals surface area contributed by atoms with E-state index in [2.05, 4.69) is 40.3 Å². The number of carbonyl (C=O) groups is 1. The molecule has 0 aromatic carbocycles. The standard InChI is InChI=1S/C26H42O2/c1-8-21(24(27)28-9-2)14-11-19(3)12-15-22-20(4)13-16-23-25(5,6)17-10-18-26(22,23)7/h11,14,22-23H,4,8-10,12-13,15-18H2,1-3,5-7H3/b19-11+,21-14+/t22-,23-,26+/m0/s1. The molecular weight excluding hydrogens is 344 g/mol. The molecule has 158 valence electrons. The van der Waals surface area contributed by atoms with Crippen molar-refractivity contribution in [1.29, 1.82) is 0 Å². The number of hydrogen-bond donors (Lipinski definition) is 0. The zero-order chi connectivity index (χ0) is 20.9. The van der Waals surface area contributed by atoms with Crippen LogP contribution in [0.2, 0.25) is 0 Å². The molecular formula is C26H42O2. The number of esters is 1. The van der Waals surface area contributed by atoms with Gasteiger partial charge in [0, 0.05) is 5.57 Å². The maximum Gasteiger partial charge on any atom is 0.333 e. The van der Waals surface area contributed by atoms with Gasteiger partial charge in [-0.2, -0.15) is 0 Å². The van der Waals surface area contributed by atoms with Crippen LogP contribution in [-0.4, -0.2) is 12.6 Å². The highest BCUT2D eigenvalue weighted by Crippen LogP contribution is 2.61. The van der Waals surface area contributed by atoms with Crippen LogP contribution in [0.3, 0.4) is 0 Å². The van der Waals surface area contributed by atoms with Crippen molar-refractivity contribution in [2.45, 2.75) is 92.9 Å². The second-order valence-corrected chi connectivity index (χ2v) is 9.97. The van der Waals surface area contributed by atoms with Gasteiger partial charge in [0.15, 0.2) is 0 Å². The minimum atomic E-state index is -0.186. The van der Waals surface area contributed by atoms with Crippen LogP contribution in [0.25, 0.3) is 0 Å². The summed E-state index contributed by atoms with van der Waals surface area (Å²) in [6.07, 6.45) is 13.6. The van der Waals surface area contributed by atoms with E-state index < -0.39 is 0 Å². The van der Waals surface area contributed by atoms with E-state index in [9.17, 15) is 4.79 Å². The average Bonchev–Trinajstić information content (AvgIpc) is 2.61. The molecule has 0 saturated heterocycles. The van der Waals surface area contributed by atoms with E-state index in [4.69, 9.17) is 4.74 Å². The minimum absolute atomic E-state index is 0.186. The van der Waals surface area contributed by atoms with Crippen LogP contribution in [0.1, 0.15) is 92.9 Å². The van der Waals surface area contributed by atoms with Gasteiger partial charge in [-0.1, -0.05) is 64.0 Å². The molecule has 0 unspecified atom stereocenters. The second-order valence-electron chi connectivity index (χ2n) is 9.97. The summed E-state index contributed by atoms with van der Waals surface area (Å²) in [5.74, 6) is 1.24. The smallest absolute Gasteiger partial charge is 0.333 e. The van der Waals surface area contributed by atoms with Crippen LogP contribution >= 0.6 is 0 Å². The normalized spacial score (nSPS) is 30.7. The number of rotatable bonds is 7. The summed E-state index contributed by atoms with van der Waals surface area (Å²) < 4.78 is 5.14. The summed E-state index contributed by atoms with van der Waals surface area (Å²) in [4.78, 5) is 12.0. The van der Waals surface area contributed by atoms with E-state index in [1.54, 1.807) is 0 Å². The lowest BCUT2D eigenvalue weighted by Gasteiger charge is -2.58. The maximum absolute atomic E-state index is 12.0. The lowest BCUT2D eigenvalue weighted by Crippen LogP contribution is -2.49. The fourth-order valence-corrected chi connectivity index (χ4v) is 6.06. The highest BCUT2D eigenvalue weighted by Gasteiger charge is 2.52. The third-order valence-corrected chi connectivity index (χ3v) is 7.63. The number of allylic oxidation sites excluding steroid dienone is 4. The highest BCUT2D eigenvalue weighted by molar-refractivity contribution is 5.88. The third-order valence-electron chi connectivity index (χ3n) is 7.63. The molecule has 28 heavy (non-hydrogen) atoms. The summed E-state index contributed by atoms with van der Waals surface area (Å²) in [6, 6.07) is 0. The van der Waals surface area contributed by atoms with Crippen molar-refractivity contribution in [1.82, 2.24) is 0 Å². The summed E-state index contributed by atoms with van der Waals surface area (Å²) >= 11 is 0. The van der Waals surface area contributed by atoms with Gasteiger partial charge in [-0.3, -0.25) is 0 Å². The third kappa shape index (κ3) is 4.99. The molecule has 0 spiro atoms. The Labute approximate surface area is 173 Å². The number of fused-ring (bicyclic) bond motifs is 1. The quantitative estimate of drug-likeness (QED) is 0.197. The molecule has 3 atom stereocenters. The van der Waals surface area contributed by atoms with Gasteiger partial charge in [0.2, 0.25) is 0 Å². The topological polar surface area (TPSA) is 26.3 Å². The first-order chi connectivity index (χ1) is 13.2. The Hall–Kier alpha value is -1.31. The first kappa shape index (κ1) is 23.0. The molecule has 0 N–H and O–H groups in total. The first-order valence-corrected chi connectivity index (χ1v) is 11.4. The zero-order valence-corrected chi connectivity index (χ0v) is 19.2. The molecule has 0 radical (unpaired) electrons. The number of hydrogen-bond acceptors (Lipinski definition) is 2. The van der Waals surface area contributed by atoms with Crippen molar-refractivity contribution < 1.29 is 9.53 Å². The Morgan fingerprint density at radius 1 is 1.21 bits per heavy atom. The molecule has 2 fully saturated rings. The predicted octanol–water partition coefficient (Wildman–Crippen LogP) is 7.41. The lowest BCUT2D eigenvalue weighted by molar-refractivity contribution is -0.138. The van der Waals surface area contributed by atoms with Crippen LogP contribution in [0, 0.1) is 22.7 Å². The van der Waals surface area contributed by atoms with Crippen molar-refractivity contribution in [2.75, 3.05) is 6.61 Å². The molecule has 2 saturated carbocycles. The lowest BCUT2D eigenvalue weighted by atomic mass is 9.47. The van der Waals surface area contributed by atoms with Crippen LogP contribution in [0.4, 0.5) is 0 Å². The molecule has 2 heteroatoms. The van der Waals surface area contributed by atoms with E-state index in [-0.39, 0.29) is 5.97 Å². The molecule has 0 aromatic heterocycles. The second kappa shape index (κ2) is 9.46. The molecule has 2 nitrogen and oxygen atoms in total. The SMILES string of the molecule is C=C1CC[C@H]2C(C)(C)CCC[C@]2(C)[C@H]1CC/C(C)=C/C=C(\CC)C(=O)OCC. The maximum atomic E-state index is 12.0. The van der Waals surface area contributed by atoms with E-state index in [1.807, 2.05) is 19.9 Å². The van der Waals surface area contributed by atoms with Crippen molar-refractivity contribution >= 4 is 5.97 Å². The highest BCUT2D eigenvalue weighted by atomic mass is 16.5. The van der Waals surface area contributed by atoms with Crippen molar-refractivity contribution in [3.05, 3.63) is 35.5 Å². The van der Waals surface area contributed by atoms with Gasteiger partial charge >= 0.3 is 5.97 Å². The van der Waals surface area contributed by atoms with Crippen molar-refractivity contribution in [2.24, 2.45) is 22.7 Å². The van der Waals surface area contributed by atoms with Crippen LogP contribution in [0.5, 0.6) is 0 Å². The summed E-state index contributed by atoms with van der Waals surface area (Å²) in [5, 5.41) is 0. The van der Waals surface area contributed by atoms with Gasteiger partial charge in [0.1, 0.15) is 0 Å². The van der Waals surface area contributed by atoms with Crippen LogP contribution < -0.4 is 0 Å². The Kier molecular flexibility index (Phi) is 7.76. The van der Waals surface area contributed by atoms with E-state index >= 15 is 0 Å². The van der Waals surface area contributed by atoms with Crippen LogP contribution in [-0.2, 0) is 9.53 Å². The van der Waals surface area contributed by atoms with E-state index in [1.165, 1.54) is 49.7 Å². The summed E-state index contributed by atoms with van der Waals surface area (Å²) in [5.41, 5.74) is 4.41. The Bertz CT molecular complexity index is 637. The van der Waals surface area contributed by atoms with Gasteiger partial charge in [0.05, 0.1) is 6.61 Å². The van der Waals surface area contributed by atoms with Gasteiger partial charge in [-0.25, -0.2) is 4.79 Å². The Balaban J connectivity index is 2.09. The molecule has 0 amide bonds. The number of carbonyl (C=O) groups excluding carboxylic acids is 1.